The van der Waals surface area contributed by atoms with Crippen molar-refractivity contribution in [3.63, 3.8) is 0 Å². The lowest BCUT2D eigenvalue weighted by atomic mass is 9.77. The summed E-state index contributed by atoms with van der Waals surface area (Å²) in [5, 5.41) is 0. The lowest BCUT2D eigenvalue weighted by molar-refractivity contribution is 0.332. The number of rotatable bonds is 3. The molecule has 1 atom stereocenters. The average molecular weight is 200 g/mol. The SMILES string of the molecule is C=C[C@@H](c1ccccc1)C1CCCCC1. The van der Waals surface area contributed by atoms with E-state index >= 15 is 0 Å². The Morgan fingerprint density at radius 3 is 2.33 bits per heavy atom. The average Bonchev–Trinajstić information content (AvgIpc) is 2.33. The molecule has 1 aliphatic carbocycles. The van der Waals surface area contributed by atoms with Crippen LogP contribution in [0.15, 0.2) is 43.0 Å². The van der Waals surface area contributed by atoms with Gasteiger partial charge in [-0.05, 0) is 24.3 Å². The van der Waals surface area contributed by atoms with Crippen molar-refractivity contribution in [3.05, 3.63) is 48.6 Å². The van der Waals surface area contributed by atoms with Crippen LogP contribution in [0.25, 0.3) is 0 Å². The van der Waals surface area contributed by atoms with Gasteiger partial charge in [0.2, 0.25) is 0 Å². The molecule has 1 aromatic carbocycles. The maximum Gasteiger partial charge on any atom is 0.00435 e. The Hall–Kier alpha value is -1.04. The van der Waals surface area contributed by atoms with Gasteiger partial charge in [0, 0.05) is 5.92 Å². The molecule has 0 aliphatic heterocycles. The maximum atomic E-state index is 4.01. The zero-order chi connectivity index (χ0) is 10.5. The van der Waals surface area contributed by atoms with Crippen LogP contribution in [-0.2, 0) is 0 Å². The largest absolute Gasteiger partial charge is 0.102 e. The Morgan fingerprint density at radius 2 is 1.73 bits per heavy atom. The quantitative estimate of drug-likeness (QED) is 0.628. The van der Waals surface area contributed by atoms with Crippen LogP contribution < -0.4 is 0 Å². The standard InChI is InChI=1S/C15H20/c1-2-15(13-9-5-3-6-10-13)14-11-7-4-8-12-14/h2-3,5-6,9-10,14-15H,1,4,7-8,11-12H2/t15-/m0/s1. The fourth-order valence-corrected chi connectivity index (χ4v) is 2.77. The molecule has 0 spiro atoms. The van der Waals surface area contributed by atoms with E-state index in [0.717, 1.165) is 5.92 Å². The molecule has 15 heavy (non-hydrogen) atoms. The first-order valence-corrected chi connectivity index (χ1v) is 6.09. The molecular formula is C15H20. The summed E-state index contributed by atoms with van der Waals surface area (Å²) >= 11 is 0. The molecule has 0 bridgehead atoms. The first kappa shape index (κ1) is 10.5. The van der Waals surface area contributed by atoms with Crippen LogP contribution >= 0.6 is 0 Å². The van der Waals surface area contributed by atoms with Gasteiger partial charge < -0.3 is 0 Å². The van der Waals surface area contributed by atoms with Gasteiger partial charge in [-0.25, -0.2) is 0 Å². The second-order valence-electron chi connectivity index (χ2n) is 4.57. The smallest absolute Gasteiger partial charge is 0.00435 e. The van der Waals surface area contributed by atoms with Gasteiger partial charge in [0.25, 0.3) is 0 Å². The number of benzene rings is 1. The third-order valence-electron chi connectivity index (χ3n) is 3.60. The van der Waals surface area contributed by atoms with Crippen LogP contribution in [0.3, 0.4) is 0 Å². The van der Waals surface area contributed by atoms with E-state index in [1.54, 1.807) is 0 Å². The van der Waals surface area contributed by atoms with Crippen LogP contribution in [-0.4, -0.2) is 0 Å². The molecule has 1 saturated carbocycles. The molecule has 0 amide bonds. The normalized spacial score (nSPS) is 19.7. The van der Waals surface area contributed by atoms with Crippen molar-refractivity contribution in [2.24, 2.45) is 5.92 Å². The Bertz CT molecular complexity index is 293. The van der Waals surface area contributed by atoms with Crippen molar-refractivity contribution in [3.8, 4) is 0 Å². The Balaban J connectivity index is 2.12. The third kappa shape index (κ3) is 2.50. The summed E-state index contributed by atoms with van der Waals surface area (Å²) in [7, 11) is 0. The van der Waals surface area contributed by atoms with Gasteiger partial charge in [0.15, 0.2) is 0 Å². The summed E-state index contributed by atoms with van der Waals surface area (Å²) in [6.45, 7) is 4.01. The highest BCUT2D eigenvalue weighted by Gasteiger charge is 2.22. The summed E-state index contributed by atoms with van der Waals surface area (Å²) < 4.78 is 0. The highest BCUT2D eigenvalue weighted by Crippen LogP contribution is 2.36. The molecule has 2 rings (SSSR count). The van der Waals surface area contributed by atoms with E-state index < -0.39 is 0 Å². The summed E-state index contributed by atoms with van der Waals surface area (Å²) in [6, 6.07) is 10.8. The van der Waals surface area contributed by atoms with E-state index in [0.29, 0.717) is 5.92 Å². The lowest BCUT2D eigenvalue weighted by Gasteiger charge is -2.28. The molecule has 0 nitrogen and oxygen atoms in total. The van der Waals surface area contributed by atoms with Crippen LogP contribution in [0.4, 0.5) is 0 Å². The second-order valence-corrected chi connectivity index (χ2v) is 4.57. The number of allylic oxidation sites excluding steroid dienone is 1. The van der Waals surface area contributed by atoms with Gasteiger partial charge in [-0.15, -0.1) is 6.58 Å². The molecule has 0 radical (unpaired) electrons. The topological polar surface area (TPSA) is 0 Å². The molecule has 1 fully saturated rings. The molecule has 1 aliphatic rings. The Morgan fingerprint density at radius 1 is 1.07 bits per heavy atom. The third-order valence-corrected chi connectivity index (χ3v) is 3.60. The van der Waals surface area contributed by atoms with Gasteiger partial charge in [0.1, 0.15) is 0 Å². The van der Waals surface area contributed by atoms with E-state index in [1.807, 2.05) is 0 Å². The van der Waals surface area contributed by atoms with Gasteiger partial charge in [-0.3, -0.25) is 0 Å². The molecule has 0 N–H and O–H groups in total. The predicted octanol–water partition coefficient (Wildman–Crippen LogP) is 4.54. The fourth-order valence-electron chi connectivity index (χ4n) is 2.77. The minimum absolute atomic E-state index is 0.575. The zero-order valence-electron chi connectivity index (χ0n) is 9.36. The Labute approximate surface area is 93.0 Å². The summed E-state index contributed by atoms with van der Waals surface area (Å²) in [5.74, 6) is 1.41. The van der Waals surface area contributed by atoms with Crippen LogP contribution in [0.5, 0.6) is 0 Å². The van der Waals surface area contributed by atoms with E-state index in [1.165, 1.54) is 37.7 Å². The highest BCUT2D eigenvalue weighted by atomic mass is 14.3. The molecular weight excluding hydrogens is 180 g/mol. The van der Waals surface area contributed by atoms with Crippen molar-refractivity contribution in [2.45, 2.75) is 38.0 Å². The first-order valence-electron chi connectivity index (χ1n) is 6.09. The maximum absolute atomic E-state index is 4.01. The molecule has 80 valence electrons. The minimum Gasteiger partial charge on any atom is -0.102 e. The van der Waals surface area contributed by atoms with Crippen molar-refractivity contribution in [1.29, 1.82) is 0 Å². The second kappa shape index (κ2) is 5.16. The number of hydrogen-bond acceptors (Lipinski definition) is 0. The first-order chi connectivity index (χ1) is 7.42. The molecule has 0 unspecified atom stereocenters. The van der Waals surface area contributed by atoms with Crippen LogP contribution in [0.2, 0.25) is 0 Å². The molecule has 0 heterocycles. The van der Waals surface area contributed by atoms with Crippen LogP contribution in [0, 0.1) is 5.92 Å². The molecule has 1 aromatic rings. The lowest BCUT2D eigenvalue weighted by Crippen LogP contribution is -2.14. The molecule has 0 saturated heterocycles. The van der Waals surface area contributed by atoms with E-state index in [9.17, 15) is 0 Å². The molecule has 0 aromatic heterocycles. The van der Waals surface area contributed by atoms with Gasteiger partial charge in [-0.2, -0.15) is 0 Å². The zero-order valence-corrected chi connectivity index (χ0v) is 9.36. The van der Waals surface area contributed by atoms with Gasteiger partial charge in [0.05, 0.1) is 0 Å². The molecule has 0 heteroatoms. The van der Waals surface area contributed by atoms with Crippen molar-refractivity contribution < 1.29 is 0 Å². The van der Waals surface area contributed by atoms with Gasteiger partial charge >= 0.3 is 0 Å². The van der Waals surface area contributed by atoms with E-state index in [2.05, 4.69) is 43.0 Å². The predicted molar refractivity (Wildman–Crippen MR) is 66.0 cm³/mol. The fraction of sp³-hybridized carbons (Fsp3) is 0.467. The van der Waals surface area contributed by atoms with Crippen molar-refractivity contribution in [1.82, 2.24) is 0 Å². The number of hydrogen-bond donors (Lipinski definition) is 0. The van der Waals surface area contributed by atoms with E-state index in [4.69, 9.17) is 0 Å². The van der Waals surface area contributed by atoms with Crippen molar-refractivity contribution >= 4 is 0 Å². The van der Waals surface area contributed by atoms with Crippen LogP contribution in [0.1, 0.15) is 43.6 Å². The summed E-state index contributed by atoms with van der Waals surface area (Å²) in [6.07, 6.45) is 9.14. The van der Waals surface area contributed by atoms with Crippen molar-refractivity contribution in [2.75, 3.05) is 0 Å². The minimum atomic E-state index is 0.575. The summed E-state index contributed by atoms with van der Waals surface area (Å²) in [4.78, 5) is 0. The monoisotopic (exact) mass is 200 g/mol. The van der Waals surface area contributed by atoms with E-state index in [-0.39, 0.29) is 0 Å². The van der Waals surface area contributed by atoms with Gasteiger partial charge in [-0.1, -0.05) is 55.7 Å². The Kier molecular flexibility index (Phi) is 3.60. The highest BCUT2D eigenvalue weighted by molar-refractivity contribution is 5.24. The summed E-state index contributed by atoms with van der Waals surface area (Å²) in [5.41, 5.74) is 1.44.